The van der Waals surface area contributed by atoms with Crippen LogP contribution < -0.4 is 5.73 Å². The van der Waals surface area contributed by atoms with Crippen molar-refractivity contribution in [3.05, 3.63) is 0 Å². The molecular weight excluding hydrogens is 286 g/mol. The molecule has 0 bridgehead atoms. The van der Waals surface area contributed by atoms with Gasteiger partial charge in [-0.1, -0.05) is 12.1 Å². The summed E-state index contributed by atoms with van der Waals surface area (Å²) >= 11 is 1.60. The molecular formula is C11H23N3O3S2. The Hall–Kier alpha value is -0.470. The van der Waals surface area contributed by atoms with Crippen molar-refractivity contribution >= 4 is 27.4 Å². The second kappa shape index (κ2) is 6.81. The topological polar surface area (TPSA) is 96.0 Å². The number of piperidine rings is 1. The zero-order valence-corrected chi connectivity index (χ0v) is 13.1. The molecule has 0 aromatic heterocycles. The van der Waals surface area contributed by atoms with Crippen molar-refractivity contribution in [2.75, 3.05) is 37.4 Å². The van der Waals surface area contributed by atoms with E-state index in [1.54, 1.807) is 18.7 Å². The zero-order valence-electron chi connectivity index (χ0n) is 11.5. The summed E-state index contributed by atoms with van der Waals surface area (Å²) in [6.07, 6.45) is 3.50. The lowest BCUT2D eigenvalue weighted by Crippen LogP contribution is -2.50. The van der Waals surface area contributed by atoms with Crippen molar-refractivity contribution in [1.82, 2.24) is 4.90 Å². The molecule has 6 nitrogen and oxygen atoms in total. The van der Waals surface area contributed by atoms with Gasteiger partial charge in [0.2, 0.25) is 0 Å². The van der Waals surface area contributed by atoms with Gasteiger partial charge in [0.05, 0.1) is 10.5 Å². The fourth-order valence-corrected chi connectivity index (χ4v) is 3.87. The van der Waals surface area contributed by atoms with Crippen LogP contribution in [-0.2, 0) is 9.84 Å². The molecule has 1 rings (SSSR count). The first kappa shape index (κ1) is 16.6. The Morgan fingerprint density at radius 2 is 2.05 bits per heavy atom. The molecule has 1 saturated heterocycles. The molecule has 1 aliphatic rings. The van der Waals surface area contributed by atoms with Crippen LogP contribution in [0, 0.1) is 0 Å². The number of thioether (sulfide) groups is 1. The highest BCUT2D eigenvalue weighted by Gasteiger charge is 2.38. The number of sulfone groups is 1. The molecule has 0 atom stereocenters. The normalized spacial score (nSPS) is 21.5. The van der Waals surface area contributed by atoms with Crippen LogP contribution in [0.2, 0.25) is 0 Å². The monoisotopic (exact) mass is 309 g/mol. The molecule has 0 radical (unpaired) electrons. The minimum absolute atomic E-state index is 0.194. The molecule has 3 N–H and O–H groups in total. The van der Waals surface area contributed by atoms with Crippen LogP contribution in [0.4, 0.5) is 0 Å². The third-order valence-electron chi connectivity index (χ3n) is 3.79. The van der Waals surface area contributed by atoms with Crippen LogP contribution in [-0.4, -0.2) is 66.5 Å². The van der Waals surface area contributed by atoms with Gasteiger partial charge in [-0.15, -0.1) is 0 Å². The van der Waals surface area contributed by atoms with E-state index in [1.165, 1.54) is 0 Å². The van der Waals surface area contributed by atoms with Crippen LogP contribution in [0.3, 0.4) is 0 Å². The molecule has 112 valence electrons. The van der Waals surface area contributed by atoms with Crippen LogP contribution >= 0.6 is 11.8 Å². The van der Waals surface area contributed by atoms with Crippen molar-refractivity contribution in [3.8, 4) is 0 Å². The predicted octanol–water partition coefficient (Wildman–Crippen LogP) is 0.365. The van der Waals surface area contributed by atoms with Crippen LogP contribution in [0.25, 0.3) is 0 Å². The van der Waals surface area contributed by atoms with Crippen molar-refractivity contribution in [2.24, 2.45) is 10.9 Å². The molecule has 0 saturated carbocycles. The maximum absolute atomic E-state index is 11.5. The molecule has 0 unspecified atom stereocenters. The minimum atomic E-state index is -2.91. The fraction of sp³-hybridized carbons (Fsp3) is 0.909. The standard InChI is InChI=1S/C11H23N3O3S2/c1-3-19(16,17)9-8-14-6-4-11(18-2,5-7-14)10(12)13-15/h15H,3-9H2,1-2H3,(H2,12,13). The van der Waals surface area contributed by atoms with E-state index in [0.29, 0.717) is 6.54 Å². The van der Waals surface area contributed by atoms with Crippen molar-refractivity contribution in [1.29, 1.82) is 0 Å². The van der Waals surface area contributed by atoms with E-state index in [0.717, 1.165) is 25.9 Å². The van der Waals surface area contributed by atoms with Gasteiger partial charge in [-0.3, -0.25) is 0 Å². The lowest BCUT2D eigenvalue weighted by molar-refractivity contribution is 0.227. The summed E-state index contributed by atoms with van der Waals surface area (Å²) in [6.45, 7) is 3.78. The molecule has 0 aromatic carbocycles. The van der Waals surface area contributed by atoms with Gasteiger partial charge in [0.1, 0.15) is 0 Å². The van der Waals surface area contributed by atoms with Crippen LogP contribution in [0.1, 0.15) is 19.8 Å². The summed E-state index contributed by atoms with van der Waals surface area (Å²) in [5, 5.41) is 12.0. The van der Waals surface area contributed by atoms with Gasteiger partial charge in [-0.25, -0.2) is 8.42 Å². The Morgan fingerprint density at radius 1 is 1.47 bits per heavy atom. The summed E-state index contributed by atoms with van der Waals surface area (Å²) in [5.74, 6) is 0.666. The van der Waals surface area contributed by atoms with E-state index in [4.69, 9.17) is 10.9 Å². The van der Waals surface area contributed by atoms with Gasteiger partial charge >= 0.3 is 0 Å². The maximum Gasteiger partial charge on any atom is 0.155 e. The first-order valence-corrected chi connectivity index (χ1v) is 9.39. The summed E-state index contributed by atoms with van der Waals surface area (Å²) in [4.78, 5) is 2.13. The molecule has 8 heteroatoms. The maximum atomic E-state index is 11.5. The number of hydrogen-bond donors (Lipinski definition) is 2. The predicted molar refractivity (Wildman–Crippen MR) is 79.7 cm³/mol. The lowest BCUT2D eigenvalue weighted by Gasteiger charge is -2.39. The summed E-state index contributed by atoms with van der Waals surface area (Å²) < 4.78 is 22.6. The van der Waals surface area contributed by atoms with Gasteiger partial charge in [-0.2, -0.15) is 11.8 Å². The Bertz CT molecular complexity index is 415. The number of amidine groups is 1. The number of rotatable bonds is 6. The molecule has 1 aliphatic heterocycles. The molecule has 1 fully saturated rings. The van der Waals surface area contributed by atoms with E-state index >= 15 is 0 Å². The summed E-state index contributed by atoms with van der Waals surface area (Å²) in [7, 11) is -2.91. The highest BCUT2D eigenvalue weighted by atomic mass is 32.2. The van der Waals surface area contributed by atoms with Gasteiger partial charge in [0.15, 0.2) is 15.7 Å². The second-order valence-electron chi connectivity index (χ2n) is 4.76. The Kier molecular flexibility index (Phi) is 5.94. The average molecular weight is 309 g/mol. The molecule has 19 heavy (non-hydrogen) atoms. The quantitative estimate of drug-likeness (QED) is 0.318. The molecule has 1 heterocycles. The smallest absolute Gasteiger partial charge is 0.155 e. The summed E-state index contributed by atoms with van der Waals surface area (Å²) in [5.41, 5.74) is 5.77. The van der Waals surface area contributed by atoms with Gasteiger partial charge in [-0.05, 0) is 32.2 Å². The van der Waals surface area contributed by atoms with Gasteiger partial charge < -0.3 is 15.8 Å². The fourth-order valence-electron chi connectivity index (χ4n) is 2.21. The largest absolute Gasteiger partial charge is 0.409 e. The highest BCUT2D eigenvalue weighted by Crippen LogP contribution is 2.34. The third-order valence-corrected chi connectivity index (χ3v) is 6.87. The number of nitrogens with zero attached hydrogens (tertiary/aromatic N) is 2. The van der Waals surface area contributed by atoms with Crippen LogP contribution in [0.5, 0.6) is 0 Å². The molecule has 0 aliphatic carbocycles. The van der Waals surface area contributed by atoms with E-state index in [-0.39, 0.29) is 22.1 Å². The lowest BCUT2D eigenvalue weighted by atomic mass is 9.94. The first-order chi connectivity index (χ1) is 8.89. The van der Waals surface area contributed by atoms with Gasteiger partial charge in [0, 0.05) is 12.3 Å². The van der Waals surface area contributed by atoms with E-state index in [2.05, 4.69) is 10.1 Å². The number of likely N-dealkylation sites (tertiary alicyclic amines) is 1. The molecule has 0 spiro atoms. The SMILES string of the molecule is CCS(=O)(=O)CCN1CCC(SC)(C(N)=NO)CC1. The second-order valence-corrected chi connectivity index (χ2v) is 8.42. The van der Waals surface area contributed by atoms with E-state index in [9.17, 15) is 8.42 Å². The van der Waals surface area contributed by atoms with E-state index in [1.807, 2.05) is 6.26 Å². The molecule has 0 aromatic rings. The van der Waals surface area contributed by atoms with Crippen molar-refractivity contribution < 1.29 is 13.6 Å². The zero-order chi connectivity index (χ0) is 14.5. The summed E-state index contributed by atoms with van der Waals surface area (Å²) in [6, 6.07) is 0. The Labute approximate surface area is 119 Å². The Balaban J connectivity index is 2.53. The number of oxime groups is 1. The molecule has 0 amide bonds. The first-order valence-electron chi connectivity index (χ1n) is 6.35. The minimum Gasteiger partial charge on any atom is -0.409 e. The van der Waals surface area contributed by atoms with Crippen molar-refractivity contribution in [3.63, 3.8) is 0 Å². The number of hydrogen-bond acceptors (Lipinski definition) is 6. The van der Waals surface area contributed by atoms with Crippen molar-refractivity contribution in [2.45, 2.75) is 24.5 Å². The Morgan fingerprint density at radius 3 is 2.47 bits per heavy atom. The highest BCUT2D eigenvalue weighted by molar-refractivity contribution is 8.00. The van der Waals surface area contributed by atoms with Crippen LogP contribution in [0.15, 0.2) is 5.16 Å². The average Bonchev–Trinajstić information content (AvgIpc) is 2.45. The van der Waals surface area contributed by atoms with E-state index < -0.39 is 9.84 Å². The third kappa shape index (κ3) is 4.25. The van der Waals surface area contributed by atoms with Gasteiger partial charge in [0.25, 0.3) is 0 Å². The number of nitrogens with two attached hydrogens (primary N) is 1.